The summed E-state index contributed by atoms with van der Waals surface area (Å²) in [7, 11) is 0. The van der Waals surface area contributed by atoms with Crippen LogP contribution in [0.3, 0.4) is 0 Å². The number of nitriles is 1. The first-order valence-corrected chi connectivity index (χ1v) is 5.31. The van der Waals surface area contributed by atoms with E-state index < -0.39 is 0 Å². The smallest absolute Gasteiger partial charge is 0.125 e. The van der Waals surface area contributed by atoms with Gasteiger partial charge in [-0.3, -0.25) is 0 Å². The lowest BCUT2D eigenvalue weighted by Crippen LogP contribution is -2.04. The van der Waals surface area contributed by atoms with Gasteiger partial charge in [0.1, 0.15) is 11.9 Å². The molecule has 1 aromatic heterocycles. The van der Waals surface area contributed by atoms with Crippen LogP contribution < -0.4 is 5.32 Å². The van der Waals surface area contributed by atoms with Gasteiger partial charge in [-0.25, -0.2) is 9.97 Å². The standard InChI is InChI=1S/C13H12N4/c1-10-15-7-6-12(17-10)9-16-13-5-3-2-4-11(13)8-14/h2-7,16H,9H2,1H3. The van der Waals surface area contributed by atoms with Gasteiger partial charge in [-0.15, -0.1) is 0 Å². The number of para-hydroxylation sites is 1. The SMILES string of the molecule is Cc1nccc(CNc2ccccc2C#N)n1. The van der Waals surface area contributed by atoms with E-state index in [-0.39, 0.29) is 0 Å². The largest absolute Gasteiger partial charge is 0.378 e. The average Bonchev–Trinajstić information content (AvgIpc) is 2.37. The van der Waals surface area contributed by atoms with Gasteiger partial charge in [0.15, 0.2) is 0 Å². The van der Waals surface area contributed by atoms with E-state index in [1.807, 2.05) is 31.2 Å². The van der Waals surface area contributed by atoms with Crippen LogP contribution in [0.1, 0.15) is 17.1 Å². The van der Waals surface area contributed by atoms with Crippen molar-refractivity contribution in [2.45, 2.75) is 13.5 Å². The molecule has 0 spiro atoms. The molecule has 84 valence electrons. The number of nitrogens with one attached hydrogen (secondary N) is 1. The maximum atomic E-state index is 8.94. The zero-order chi connectivity index (χ0) is 12.1. The molecule has 0 aliphatic heterocycles. The summed E-state index contributed by atoms with van der Waals surface area (Å²) in [5, 5.41) is 12.1. The van der Waals surface area contributed by atoms with Gasteiger partial charge in [-0.1, -0.05) is 12.1 Å². The molecule has 0 aliphatic rings. The molecule has 1 aromatic carbocycles. The van der Waals surface area contributed by atoms with Gasteiger partial charge < -0.3 is 5.32 Å². The molecule has 0 unspecified atom stereocenters. The summed E-state index contributed by atoms with van der Waals surface area (Å²) in [5.41, 5.74) is 2.37. The molecule has 0 fully saturated rings. The number of benzene rings is 1. The molecule has 0 amide bonds. The number of rotatable bonds is 3. The summed E-state index contributed by atoms with van der Waals surface area (Å²) in [6, 6.07) is 11.4. The molecular formula is C13H12N4. The van der Waals surface area contributed by atoms with Gasteiger partial charge in [0.25, 0.3) is 0 Å². The first-order valence-electron chi connectivity index (χ1n) is 5.31. The first-order chi connectivity index (χ1) is 8.29. The molecule has 0 bridgehead atoms. The predicted molar refractivity (Wildman–Crippen MR) is 65.3 cm³/mol. The Morgan fingerprint density at radius 3 is 2.88 bits per heavy atom. The van der Waals surface area contributed by atoms with Gasteiger partial charge in [0, 0.05) is 6.20 Å². The third kappa shape index (κ3) is 2.79. The second-order valence-corrected chi connectivity index (χ2v) is 3.61. The Morgan fingerprint density at radius 2 is 2.12 bits per heavy atom. The lowest BCUT2D eigenvalue weighted by atomic mass is 10.2. The van der Waals surface area contributed by atoms with E-state index in [1.54, 1.807) is 12.3 Å². The molecule has 0 aliphatic carbocycles. The van der Waals surface area contributed by atoms with E-state index in [4.69, 9.17) is 5.26 Å². The number of nitrogens with zero attached hydrogens (tertiary/aromatic N) is 3. The third-order valence-corrected chi connectivity index (χ3v) is 2.34. The highest BCUT2D eigenvalue weighted by atomic mass is 14.9. The fourth-order valence-electron chi connectivity index (χ4n) is 1.52. The number of anilines is 1. The van der Waals surface area contributed by atoms with Crippen molar-refractivity contribution in [3.63, 3.8) is 0 Å². The quantitative estimate of drug-likeness (QED) is 0.868. The van der Waals surface area contributed by atoms with Crippen molar-refractivity contribution < 1.29 is 0 Å². The van der Waals surface area contributed by atoms with Crippen molar-refractivity contribution in [2.24, 2.45) is 0 Å². The van der Waals surface area contributed by atoms with Gasteiger partial charge in [0.05, 0.1) is 23.5 Å². The van der Waals surface area contributed by atoms with Crippen molar-refractivity contribution in [3.8, 4) is 6.07 Å². The second kappa shape index (κ2) is 5.08. The van der Waals surface area contributed by atoms with E-state index in [0.717, 1.165) is 17.2 Å². The summed E-state index contributed by atoms with van der Waals surface area (Å²) in [6.07, 6.45) is 1.73. The number of hydrogen-bond donors (Lipinski definition) is 1. The Kier molecular flexibility index (Phi) is 3.31. The molecule has 0 saturated carbocycles. The molecule has 0 atom stereocenters. The molecule has 4 nitrogen and oxygen atoms in total. The summed E-state index contributed by atoms with van der Waals surface area (Å²) >= 11 is 0. The van der Waals surface area contributed by atoms with Crippen LogP contribution in [0.25, 0.3) is 0 Å². The number of hydrogen-bond acceptors (Lipinski definition) is 4. The predicted octanol–water partition coefficient (Wildman–Crippen LogP) is 2.27. The number of aryl methyl sites for hydroxylation is 1. The van der Waals surface area contributed by atoms with E-state index in [9.17, 15) is 0 Å². The van der Waals surface area contributed by atoms with E-state index >= 15 is 0 Å². The van der Waals surface area contributed by atoms with Gasteiger partial charge in [-0.2, -0.15) is 5.26 Å². The first kappa shape index (κ1) is 11.1. The highest BCUT2D eigenvalue weighted by molar-refractivity contribution is 5.57. The van der Waals surface area contributed by atoms with Gasteiger partial charge >= 0.3 is 0 Å². The Bertz CT molecular complexity index is 557. The van der Waals surface area contributed by atoms with Crippen LogP contribution in [0.2, 0.25) is 0 Å². The fraction of sp³-hybridized carbons (Fsp3) is 0.154. The Morgan fingerprint density at radius 1 is 1.29 bits per heavy atom. The Labute approximate surface area is 100.0 Å². The summed E-state index contributed by atoms with van der Waals surface area (Å²) < 4.78 is 0. The van der Waals surface area contributed by atoms with Crippen LogP contribution in [-0.2, 0) is 6.54 Å². The van der Waals surface area contributed by atoms with E-state index in [2.05, 4.69) is 21.4 Å². The zero-order valence-corrected chi connectivity index (χ0v) is 9.51. The molecular weight excluding hydrogens is 212 g/mol. The molecule has 1 N–H and O–H groups in total. The highest BCUT2D eigenvalue weighted by Crippen LogP contribution is 2.14. The van der Waals surface area contributed by atoms with Crippen LogP contribution in [0, 0.1) is 18.3 Å². The van der Waals surface area contributed by atoms with Crippen molar-refractivity contribution >= 4 is 5.69 Å². The third-order valence-electron chi connectivity index (χ3n) is 2.34. The highest BCUT2D eigenvalue weighted by Gasteiger charge is 2.00. The summed E-state index contributed by atoms with van der Waals surface area (Å²) in [6.45, 7) is 2.44. The molecule has 4 heteroatoms. The molecule has 2 aromatic rings. The van der Waals surface area contributed by atoms with Gasteiger partial charge in [-0.05, 0) is 25.1 Å². The normalized spacial score (nSPS) is 9.65. The van der Waals surface area contributed by atoms with Gasteiger partial charge in [0.2, 0.25) is 0 Å². The van der Waals surface area contributed by atoms with Crippen LogP contribution in [0.5, 0.6) is 0 Å². The molecule has 0 saturated heterocycles. The Balaban J connectivity index is 2.10. The summed E-state index contributed by atoms with van der Waals surface area (Å²) in [4.78, 5) is 8.32. The van der Waals surface area contributed by atoms with Crippen molar-refractivity contribution in [2.75, 3.05) is 5.32 Å². The lowest BCUT2D eigenvalue weighted by molar-refractivity contribution is 0.955. The lowest BCUT2D eigenvalue weighted by Gasteiger charge is -2.07. The maximum absolute atomic E-state index is 8.94. The van der Waals surface area contributed by atoms with Crippen molar-refractivity contribution in [1.82, 2.24) is 9.97 Å². The number of aromatic nitrogens is 2. The summed E-state index contributed by atoms with van der Waals surface area (Å²) in [5.74, 6) is 0.748. The minimum atomic E-state index is 0.585. The topological polar surface area (TPSA) is 61.6 Å². The minimum Gasteiger partial charge on any atom is -0.378 e. The molecule has 2 rings (SSSR count). The van der Waals surface area contributed by atoms with Crippen LogP contribution in [-0.4, -0.2) is 9.97 Å². The average molecular weight is 224 g/mol. The van der Waals surface area contributed by atoms with Crippen molar-refractivity contribution in [3.05, 3.63) is 53.6 Å². The van der Waals surface area contributed by atoms with Crippen LogP contribution >= 0.6 is 0 Å². The second-order valence-electron chi connectivity index (χ2n) is 3.61. The van der Waals surface area contributed by atoms with E-state index in [0.29, 0.717) is 12.1 Å². The maximum Gasteiger partial charge on any atom is 0.125 e. The fourth-order valence-corrected chi connectivity index (χ4v) is 1.52. The zero-order valence-electron chi connectivity index (χ0n) is 9.51. The van der Waals surface area contributed by atoms with Crippen LogP contribution in [0.15, 0.2) is 36.5 Å². The molecule has 1 heterocycles. The minimum absolute atomic E-state index is 0.585. The van der Waals surface area contributed by atoms with E-state index in [1.165, 1.54) is 0 Å². The monoisotopic (exact) mass is 224 g/mol. The van der Waals surface area contributed by atoms with Crippen LogP contribution in [0.4, 0.5) is 5.69 Å². The Hall–Kier alpha value is -2.41. The van der Waals surface area contributed by atoms with Crippen molar-refractivity contribution in [1.29, 1.82) is 5.26 Å². The molecule has 17 heavy (non-hydrogen) atoms. The molecule has 0 radical (unpaired) electrons.